The minimum Gasteiger partial charge on any atom is -0.445 e. The highest BCUT2D eigenvalue weighted by Crippen LogP contribution is 2.41. The number of morpholine rings is 1. The Bertz CT molecular complexity index is 1030. The molecule has 3 atom stereocenters. The standard InChI is InChI=1S/C26H25NO5/c1-19(28)31-23-17-27(26(29)30-18-20-11-5-2-6-12-20)24(21-13-7-3-8-14-21)25(32-23)22-15-9-4-10-16-22/h2-16,23-25H,17-18H2,1H3/t23-,24+,25?/m1/s1. The van der Waals surface area contributed by atoms with Crippen molar-refractivity contribution in [2.24, 2.45) is 0 Å². The maximum atomic E-state index is 13.3. The molecule has 0 N–H and O–H groups in total. The maximum absolute atomic E-state index is 13.3. The van der Waals surface area contributed by atoms with Gasteiger partial charge < -0.3 is 14.2 Å². The molecule has 0 aromatic heterocycles. The zero-order valence-electron chi connectivity index (χ0n) is 17.8. The molecular weight excluding hydrogens is 406 g/mol. The van der Waals surface area contributed by atoms with E-state index in [1.165, 1.54) is 6.92 Å². The Morgan fingerprint density at radius 1 is 0.875 bits per heavy atom. The molecule has 0 saturated carbocycles. The fraction of sp³-hybridized carbons (Fsp3) is 0.231. The number of nitrogens with zero attached hydrogens (tertiary/aromatic N) is 1. The van der Waals surface area contributed by atoms with Gasteiger partial charge in [0, 0.05) is 6.92 Å². The van der Waals surface area contributed by atoms with Crippen LogP contribution in [0.3, 0.4) is 0 Å². The summed E-state index contributed by atoms with van der Waals surface area (Å²) < 4.78 is 17.2. The summed E-state index contributed by atoms with van der Waals surface area (Å²) in [5.41, 5.74) is 2.67. The maximum Gasteiger partial charge on any atom is 0.410 e. The normalized spacial score (nSPS) is 20.4. The number of amides is 1. The molecule has 3 aromatic carbocycles. The van der Waals surface area contributed by atoms with E-state index < -0.39 is 30.5 Å². The first-order chi connectivity index (χ1) is 15.6. The molecule has 1 aliphatic heterocycles. The van der Waals surface area contributed by atoms with Crippen molar-refractivity contribution in [1.82, 2.24) is 4.90 Å². The van der Waals surface area contributed by atoms with E-state index in [9.17, 15) is 9.59 Å². The first kappa shape index (κ1) is 21.6. The lowest BCUT2D eigenvalue weighted by Crippen LogP contribution is -2.50. The topological polar surface area (TPSA) is 65.1 Å². The van der Waals surface area contributed by atoms with Crippen molar-refractivity contribution in [2.45, 2.75) is 32.0 Å². The number of esters is 1. The molecule has 4 rings (SSSR count). The minimum atomic E-state index is -0.901. The van der Waals surface area contributed by atoms with Gasteiger partial charge in [0.05, 0.1) is 12.6 Å². The summed E-state index contributed by atoms with van der Waals surface area (Å²) in [4.78, 5) is 26.5. The van der Waals surface area contributed by atoms with Crippen LogP contribution in [0.1, 0.15) is 35.8 Å². The van der Waals surface area contributed by atoms with Crippen molar-refractivity contribution in [1.29, 1.82) is 0 Å². The van der Waals surface area contributed by atoms with Crippen LogP contribution in [0, 0.1) is 0 Å². The van der Waals surface area contributed by atoms with E-state index in [0.29, 0.717) is 0 Å². The van der Waals surface area contributed by atoms with Gasteiger partial charge >= 0.3 is 12.1 Å². The summed E-state index contributed by atoms with van der Waals surface area (Å²) in [6.07, 6.45) is -1.94. The number of benzene rings is 3. The molecule has 1 amide bonds. The van der Waals surface area contributed by atoms with E-state index in [-0.39, 0.29) is 13.2 Å². The second kappa shape index (κ2) is 10.1. The molecule has 1 aliphatic rings. The zero-order valence-corrected chi connectivity index (χ0v) is 17.8. The minimum absolute atomic E-state index is 0.0656. The lowest BCUT2D eigenvalue weighted by molar-refractivity contribution is -0.223. The first-order valence-electron chi connectivity index (χ1n) is 10.5. The number of hydrogen-bond acceptors (Lipinski definition) is 5. The van der Waals surface area contributed by atoms with Gasteiger partial charge in [-0.3, -0.25) is 9.69 Å². The zero-order chi connectivity index (χ0) is 22.3. The van der Waals surface area contributed by atoms with Crippen LogP contribution in [0.4, 0.5) is 4.79 Å². The molecule has 1 saturated heterocycles. The number of ether oxygens (including phenoxy) is 3. The fourth-order valence-electron chi connectivity index (χ4n) is 3.87. The molecule has 32 heavy (non-hydrogen) atoms. The van der Waals surface area contributed by atoms with Gasteiger partial charge in [0.2, 0.25) is 6.29 Å². The van der Waals surface area contributed by atoms with Crippen molar-refractivity contribution in [2.75, 3.05) is 6.54 Å². The SMILES string of the molecule is CC(=O)O[C@H]1CN(C(=O)OCc2ccccc2)[C@@H](c2ccccc2)C(c2ccccc2)O1. The van der Waals surface area contributed by atoms with Crippen molar-refractivity contribution < 1.29 is 23.8 Å². The Hall–Kier alpha value is -3.64. The van der Waals surface area contributed by atoms with Crippen LogP contribution in [0.15, 0.2) is 91.0 Å². The van der Waals surface area contributed by atoms with Crippen LogP contribution in [0.5, 0.6) is 0 Å². The predicted molar refractivity (Wildman–Crippen MR) is 118 cm³/mol. The molecule has 0 bridgehead atoms. The van der Waals surface area contributed by atoms with Gasteiger partial charge in [0.25, 0.3) is 0 Å². The highest BCUT2D eigenvalue weighted by molar-refractivity contribution is 5.69. The van der Waals surface area contributed by atoms with Crippen LogP contribution >= 0.6 is 0 Å². The third kappa shape index (κ3) is 5.15. The van der Waals surface area contributed by atoms with E-state index in [2.05, 4.69) is 0 Å². The molecule has 1 unspecified atom stereocenters. The van der Waals surface area contributed by atoms with Crippen molar-refractivity contribution in [3.8, 4) is 0 Å². The Morgan fingerprint density at radius 3 is 2.03 bits per heavy atom. The summed E-state index contributed by atoms with van der Waals surface area (Å²) >= 11 is 0. The van der Waals surface area contributed by atoms with E-state index in [1.54, 1.807) is 4.90 Å². The van der Waals surface area contributed by atoms with Gasteiger partial charge in [-0.15, -0.1) is 0 Å². The quantitative estimate of drug-likeness (QED) is 0.531. The van der Waals surface area contributed by atoms with E-state index in [0.717, 1.165) is 16.7 Å². The molecule has 1 fully saturated rings. The fourth-order valence-corrected chi connectivity index (χ4v) is 3.87. The molecule has 1 heterocycles. The van der Waals surface area contributed by atoms with Crippen molar-refractivity contribution >= 4 is 12.1 Å². The van der Waals surface area contributed by atoms with E-state index >= 15 is 0 Å². The lowest BCUT2D eigenvalue weighted by Gasteiger charge is -2.43. The lowest BCUT2D eigenvalue weighted by atomic mass is 9.93. The molecular formula is C26H25NO5. The van der Waals surface area contributed by atoms with Gasteiger partial charge in [0.1, 0.15) is 12.7 Å². The van der Waals surface area contributed by atoms with E-state index in [1.807, 2.05) is 91.0 Å². The third-order valence-corrected chi connectivity index (χ3v) is 5.27. The van der Waals surface area contributed by atoms with Gasteiger partial charge in [-0.1, -0.05) is 91.0 Å². The Morgan fingerprint density at radius 2 is 1.44 bits per heavy atom. The van der Waals surface area contributed by atoms with E-state index in [4.69, 9.17) is 14.2 Å². The number of carbonyl (C=O) groups excluding carboxylic acids is 2. The number of hydrogen-bond donors (Lipinski definition) is 0. The van der Waals surface area contributed by atoms with Crippen LogP contribution in [-0.4, -0.2) is 29.8 Å². The van der Waals surface area contributed by atoms with Crippen LogP contribution in [-0.2, 0) is 25.6 Å². The highest BCUT2D eigenvalue weighted by Gasteiger charge is 2.43. The average Bonchev–Trinajstić information content (AvgIpc) is 2.83. The summed E-state index contributed by atoms with van der Waals surface area (Å²) in [5, 5.41) is 0. The average molecular weight is 431 g/mol. The van der Waals surface area contributed by atoms with Crippen LogP contribution < -0.4 is 0 Å². The Kier molecular flexibility index (Phi) is 6.82. The molecule has 3 aromatic rings. The molecule has 0 spiro atoms. The predicted octanol–water partition coefficient (Wildman–Crippen LogP) is 5.03. The monoisotopic (exact) mass is 431 g/mol. The Labute approximate surface area is 187 Å². The van der Waals surface area contributed by atoms with Gasteiger partial charge in [0.15, 0.2) is 0 Å². The van der Waals surface area contributed by atoms with Gasteiger partial charge in [-0.05, 0) is 16.7 Å². The summed E-state index contributed by atoms with van der Waals surface area (Å²) in [6.45, 7) is 1.53. The largest absolute Gasteiger partial charge is 0.445 e. The molecule has 0 aliphatic carbocycles. The molecule has 164 valence electrons. The number of rotatable bonds is 5. The van der Waals surface area contributed by atoms with Crippen molar-refractivity contribution in [3.05, 3.63) is 108 Å². The smallest absolute Gasteiger partial charge is 0.410 e. The van der Waals surface area contributed by atoms with Crippen LogP contribution in [0.2, 0.25) is 0 Å². The van der Waals surface area contributed by atoms with Crippen molar-refractivity contribution in [3.63, 3.8) is 0 Å². The molecule has 6 nitrogen and oxygen atoms in total. The number of carbonyl (C=O) groups is 2. The second-order valence-electron chi connectivity index (χ2n) is 7.55. The highest BCUT2D eigenvalue weighted by atomic mass is 16.7. The van der Waals surface area contributed by atoms with Crippen LogP contribution in [0.25, 0.3) is 0 Å². The van der Waals surface area contributed by atoms with Gasteiger partial charge in [-0.2, -0.15) is 0 Å². The second-order valence-corrected chi connectivity index (χ2v) is 7.55. The van der Waals surface area contributed by atoms with Gasteiger partial charge in [-0.25, -0.2) is 4.79 Å². The first-order valence-corrected chi connectivity index (χ1v) is 10.5. The molecule has 0 radical (unpaired) electrons. The summed E-state index contributed by atoms with van der Waals surface area (Å²) in [5.74, 6) is -0.474. The third-order valence-electron chi connectivity index (χ3n) is 5.27. The molecule has 6 heteroatoms. The summed E-state index contributed by atoms with van der Waals surface area (Å²) in [7, 11) is 0. The Balaban J connectivity index is 1.67. The summed E-state index contributed by atoms with van der Waals surface area (Å²) in [6, 6.07) is 28.3.